The fourth-order valence-corrected chi connectivity index (χ4v) is 5.32. The van der Waals surface area contributed by atoms with Gasteiger partial charge in [0.1, 0.15) is 5.82 Å². The second kappa shape index (κ2) is 10.2. The number of halogens is 4. The quantitative estimate of drug-likeness (QED) is 0.263. The molecule has 1 heterocycles. The third kappa shape index (κ3) is 5.07. The van der Waals surface area contributed by atoms with Gasteiger partial charge in [0.2, 0.25) is 0 Å². The van der Waals surface area contributed by atoms with Crippen LogP contribution in [0.3, 0.4) is 0 Å². The van der Waals surface area contributed by atoms with Crippen molar-refractivity contribution in [2.24, 2.45) is 0 Å². The van der Waals surface area contributed by atoms with Crippen LogP contribution in [0.1, 0.15) is 15.9 Å². The van der Waals surface area contributed by atoms with Crippen LogP contribution in [0.2, 0.25) is 15.1 Å². The monoisotopic (exact) mass is 506 g/mol. The van der Waals surface area contributed by atoms with Crippen molar-refractivity contribution in [3.8, 4) is 0 Å². The average molecular weight is 508 g/mol. The van der Waals surface area contributed by atoms with Crippen molar-refractivity contribution in [1.29, 1.82) is 0 Å². The highest BCUT2D eigenvalue weighted by molar-refractivity contribution is 7.98. The van der Waals surface area contributed by atoms with Crippen molar-refractivity contribution >= 4 is 63.4 Å². The number of carbonyl (C=O) groups excluding carboxylic acids is 1. The molecule has 4 rings (SSSR count). The molecule has 0 fully saturated rings. The van der Waals surface area contributed by atoms with Gasteiger partial charge in [-0.05, 0) is 36.4 Å². The van der Waals surface area contributed by atoms with E-state index < -0.39 is 0 Å². The van der Waals surface area contributed by atoms with Gasteiger partial charge in [-0.25, -0.2) is 4.39 Å². The summed E-state index contributed by atoms with van der Waals surface area (Å²) in [5, 5.41) is 5.17. The Kier molecular flexibility index (Phi) is 7.31. The predicted molar refractivity (Wildman–Crippen MR) is 132 cm³/mol. The van der Waals surface area contributed by atoms with Gasteiger partial charge in [-0.15, -0.1) is 11.8 Å². The Bertz CT molecular complexity index is 1270. The number of fused-ring (bicyclic) bond motifs is 1. The maximum atomic E-state index is 14.1. The SMILES string of the molecule is O=C(NCCn1cc(SCc2c(F)cccc2Cl)c2ccccc21)c1ccc(Cl)cc1Cl. The molecule has 0 atom stereocenters. The molecular formula is C24H18Cl3FN2OS. The molecule has 0 aliphatic carbocycles. The van der Waals surface area contributed by atoms with E-state index in [-0.39, 0.29) is 11.7 Å². The number of para-hydroxylation sites is 1. The second-order valence-electron chi connectivity index (χ2n) is 7.07. The highest BCUT2D eigenvalue weighted by Crippen LogP contribution is 2.34. The lowest BCUT2D eigenvalue weighted by Crippen LogP contribution is -2.27. The average Bonchev–Trinajstić information content (AvgIpc) is 3.11. The summed E-state index contributed by atoms with van der Waals surface area (Å²) >= 11 is 19.7. The Morgan fingerprint density at radius 1 is 1.00 bits per heavy atom. The summed E-state index contributed by atoms with van der Waals surface area (Å²) < 4.78 is 16.2. The Balaban J connectivity index is 1.47. The fourth-order valence-electron chi connectivity index (χ4n) is 3.39. The molecule has 0 bridgehead atoms. The molecule has 0 spiro atoms. The Hall–Kier alpha value is -2.18. The normalized spacial score (nSPS) is 11.1. The molecule has 0 aliphatic heterocycles. The molecule has 8 heteroatoms. The largest absolute Gasteiger partial charge is 0.350 e. The van der Waals surface area contributed by atoms with Crippen LogP contribution >= 0.6 is 46.6 Å². The van der Waals surface area contributed by atoms with Crippen LogP contribution < -0.4 is 5.32 Å². The molecule has 3 aromatic carbocycles. The number of benzene rings is 3. The van der Waals surface area contributed by atoms with E-state index in [0.29, 0.717) is 45.0 Å². The molecule has 3 nitrogen and oxygen atoms in total. The Morgan fingerprint density at radius 3 is 2.59 bits per heavy atom. The fraction of sp³-hybridized carbons (Fsp3) is 0.125. The maximum Gasteiger partial charge on any atom is 0.252 e. The van der Waals surface area contributed by atoms with Crippen LogP contribution in [0.5, 0.6) is 0 Å². The van der Waals surface area contributed by atoms with Crippen molar-refractivity contribution in [3.63, 3.8) is 0 Å². The summed E-state index contributed by atoms with van der Waals surface area (Å²) in [7, 11) is 0. The Morgan fingerprint density at radius 2 is 1.81 bits per heavy atom. The molecule has 1 aromatic heterocycles. The van der Waals surface area contributed by atoms with Crippen LogP contribution in [0, 0.1) is 5.82 Å². The number of carbonyl (C=O) groups is 1. The second-order valence-corrected chi connectivity index (χ2v) is 9.34. The summed E-state index contributed by atoms with van der Waals surface area (Å²) in [5.74, 6) is -0.144. The van der Waals surface area contributed by atoms with Crippen LogP contribution in [-0.2, 0) is 12.3 Å². The minimum absolute atomic E-state index is 0.257. The predicted octanol–water partition coefficient (Wildman–Crippen LogP) is 7.46. The first kappa shape index (κ1) is 23.0. The van der Waals surface area contributed by atoms with Gasteiger partial charge in [0.15, 0.2) is 0 Å². The first-order chi connectivity index (χ1) is 15.4. The standard InChI is InChI=1S/C24H18Cl3FN2OS/c25-15-8-9-16(20(27)12-15)24(31)29-10-11-30-13-23(17-4-1-2-7-22(17)30)32-14-18-19(26)5-3-6-21(18)28/h1-9,12-13H,10-11,14H2,(H,29,31). The number of hydrogen-bond acceptors (Lipinski definition) is 2. The van der Waals surface area contributed by atoms with Crippen molar-refractivity contribution in [3.05, 3.63) is 98.9 Å². The van der Waals surface area contributed by atoms with Crippen LogP contribution in [0.15, 0.2) is 71.8 Å². The lowest BCUT2D eigenvalue weighted by molar-refractivity contribution is 0.0952. The molecule has 0 aliphatic rings. The van der Waals surface area contributed by atoms with Crippen molar-refractivity contribution in [1.82, 2.24) is 9.88 Å². The molecule has 0 unspecified atom stereocenters. The highest BCUT2D eigenvalue weighted by Gasteiger charge is 2.13. The number of rotatable bonds is 7. The molecule has 1 amide bonds. The molecule has 164 valence electrons. The van der Waals surface area contributed by atoms with Crippen LogP contribution in [-0.4, -0.2) is 17.0 Å². The third-order valence-corrected chi connectivity index (χ3v) is 6.97. The zero-order chi connectivity index (χ0) is 22.7. The van der Waals surface area contributed by atoms with E-state index in [0.717, 1.165) is 15.8 Å². The van der Waals surface area contributed by atoms with Gasteiger partial charge >= 0.3 is 0 Å². The number of amides is 1. The Labute approximate surface area is 204 Å². The number of nitrogens with one attached hydrogen (secondary N) is 1. The van der Waals surface area contributed by atoms with Gasteiger partial charge < -0.3 is 9.88 Å². The van der Waals surface area contributed by atoms with Gasteiger partial charge in [0, 0.05) is 56.4 Å². The summed E-state index contributed by atoms with van der Waals surface area (Å²) in [6.45, 7) is 0.984. The smallest absolute Gasteiger partial charge is 0.252 e. The molecule has 0 radical (unpaired) electrons. The molecule has 0 saturated carbocycles. The minimum atomic E-state index is -0.308. The topological polar surface area (TPSA) is 34.0 Å². The number of thioether (sulfide) groups is 1. The molecule has 4 aromatic rings. The van der Waals surface area contributed by atoms with Gasteiger partial charge in [0.25, 0.3) is 5.91 Å². The van der Waals surface area contributed by atoms with Crippen LogP contribution in [0.4, 0.5) is 4.39 Å². The first-order valence-corrected chi connectivity index (χ1v) is 11.9. The summed E-state index contributed by atoms with van der Waals surface area (Å²) in [6, 6.07) is 17.5. The molecule has 1 N–H and O–H groups in total. The molecular weight excluding hydrogens is 490 g/mol. The first-order valence-electron chi connectivity index (χ1n) is 9.81. The van der Waals surface area contributed by atoms with Gasteiger partial charge in [-0.1, -0.05) is 59.1 Å². The number of nitrogens with zero attached hydrogens (tertiary/aromatic N) is 1. The summed E-state index contributed by atoms with van der Waals surface area (Å²) in [6.07, 6.45) is 2.02. The van der Waals surface area contributed by atoms with E-state index in [1.165, 1.54) is 17.8 Å². The highest BCUT2D eigenvalue weighted by atomic mass is 35.5. The zero-order valence-corrected chi connectivity index (χ0v) is 19.8. The summed E-state index contributed by atoms with van der Waals surface area (Å²) in [5.41, 5.74) is 1.91. The lowest BCUT2D eigenvalue weighted by Gasteiger charge is -2.09. The number of aromatic nitrogens is 1. The van der Waals surface area contributed by atoms with Crippen molar-refractivity contribution in [2.45, 2.75) is 17.2 Å². The lowest BCUT2D eigenvalue weighted by atomic mass is 10.2. The summed E-state index contributed by atoms with van der Waals surface area (Å²) in [4.78, 5) is 13.5. The maximum absolute atomic E-state index is 14.1. The van der Waals surface area contributed by atoms with E-state index in [1.807, 2.05) is 30.5 Å². The third-order valence-electron chi connectivity index (χ3n) is 5.00. The van der Waals surface area contributed by atoms with E-state index in [1.54, 1.807) is 30.3 Å². The zero-order valence-electron chi connectivity index (χ0n) is 16.7. The molecule has 0 saturated heterocycles. The van der Waals surface area contributed by atoms with Crippen molar-refractivity contribution < 1.29 is 9.18 Å². The van der Waals surface area contributed by atoms with Gasteiger partial charge in [0.05, 0.1) is 10.6 Å². The van der Waals surface area contributed by atoms with E-state index in [9.17, 15) is 9.18 Å². The van der Waals surface area contributed by atoms with Crippen molar-refractivity contribution in [2.75, 3.05) is 6.54 Å². The van der Waals surface area contributed by atoms with E-state index in [2.05, 4.69) is 9.88 Å². The molecule has 32 heavy (non-hydrogen) atoms. The number of hydrogen-bond donors (Lipinski definition) is 1. The van der Waals surface area contributed by atoms with Gasteiger partial charge in [-0.3, -0.25) is 4.79 Å². The van der Waals surface area contributed by atoms with Gasteiger partial charge in [-0.2, -0.15) is 0 Å². The van der Waals surface area contributed by atoms with E-state index >= 15 is 0 Å². The van der Waals surface area contributed by atoms with Crippen LogP contribution in [0.25, 0.3) is 10.9 Å². The minimum Gasteiger partial charge on any atom is -0.350 e. The van der Waals surface area contributed by atoms with E-state index in [4.69, 9.17) is 34.8 Å².